The molecule has 0 aromatic heterocycles. The fourth-order valence-electron chi connectivity index (χ4n) is 1.48. The molecule has 0 unspecified atom stereocenters. The summed E-state index contributed by atoms with van der Waals surface area (Å²) in [6.07, 6.45) is 0. The number of ether oxygens (including phenoxy) is 1. The van der Waals surface area contributed by atoms with Gasteiger partial charge in [0.25, 0.3) is 0 Å². The SMILES string of the molecule is N#CSCCOc1ccc(Sc2ccccc2)cc1. The average molecular weight is 287 g/mol. The van der Waals surface area contributed by atoms with Crippen molar-refractivity contribution in [3.8, 4) is 11.2 Å². The van der Waals surface area contributed by atoms with Crippen LogP contribution in [0.3, 0.4) is 0 Å². The van der Waals surface area contributed by atoms with Gasteiger partial charge in [0.1, 0.15) is 11.2 Å². The van der Waals surface area contributed by atoms with Crippen molar-refractivity contribution in [2.75, 3.05) is 12.4 Å². The Labute approximate surface area is 121 Å². The van der Waals surface area contributed by atoms with Crippen molar-refractivity contribution < 1.29 is 4.74 Å². The molecule has 0 heterocycles. The normalized spacial score (nSPS) is 9.84. The van der Waals surface area contributed by atoms with Gasteiger partial charge >= 0.3 is 0 Å². The lowest BCUT2D eigenvalue weighted by atomic mass is 10.3. The molecule has 0 radical (unpaired) electrons. The summed E-state index contributed by atoms with van der Waals surface area (Å²) in [5.74, 6) is 1.53. The summed E-state index contributed by atoms with van der Waals surface area (Å²) < 4.78 is 5.53. The molecule has 0 spiro atoms. The minimum atomic E-state index is 0.559. The third-order valence-corrected chi connectivity index (χ3v) is 3.84. The minimum Gasteiger partial charge on any atom is -0.493 e. The molecular formula is C15H13NOS2. The second-order valence-electron chi connectivity index (χ2n) is 3.67. The van der Waals surface area contributed by atoms with E-state index in [-0.39, 0.29) is 0 Å². The summed E-state index contributed by atoms with van der Waals surface area (Å²) >= 11 is 2.93. The first-order chi connectivity index (χ1) is 9.38. The monoisotopic (exact) mass is 287 g/mol. The van der Waals surface area contributed by atoms with Crippen LogP contribution in [-0.2, 0) is 0 Å². The lowest BCUT2D eigenvalue weighted by Crippen LogP contribution is -1.99. The number of hydrogen-bond acceptors (Lipinski definition) is 4. The van der Waals surface area contributed by atoms with Gasteiger partial charge in [-0.1, -0.05) is 30.0 Å². The van der Waals surface area contributed by atoms with E-state index in [2.05, 4.69) is 12.1 Å². The van der Waals surface area contributed by atoms with Gasteiger partial charge in [-0.05, 0) is 48.2 Å². The quantitative estimate of drug-likeness (QED) is 0.581. The Balaban J connectivity index is 1.86. The van der Waals surface area contributed by atoms with Crippen LogP contribution in [0, 0.1) is 10.7 Å². The fourth-order valence-corrected chi connectivity index (χ4v) is 2.57. The van der Waals surface area contributed by atoms with Gasteiger partial charge in [0.15, 0.2) is 0 Å². The third-order valence-electron chi connectivity index (χ3n) is 2.32. The Morgan fingerprint density at radius 3 is 2.32 bits per heavy atom. The van der Waals surface area contributed by atoms with Crippen LogP contribution in [0.15, 0.2) is 64.4 Å². The lowest BCUT2D eigenvalue weighted by Gasteiger charge is -2.06. The van der Waals surface area contributed by atoms with Gasteiger partial charge in [-0.2, -0.15) is 5.26 Å². The van der Waals surface area contributed by atoms with E-state index in [0.717, 1.165) is 5.75 Å². The zero-order valence-electron chi connectivity index (χ0n) is 10.3. The van der Waals surface area contributed by atoms with Gasteiger partial charge in [-0.25, -0.2) is 0 Å². The Morgan fingerprint density at radius 2 is 1.63 bits per heavy atom. The minimum absolute atomic E-state index is 0.559. The van der Waals surface area contributed by atoms with Crippen LogP contribution in [0.1, 0.15) is 0 Å². The first kappa shape index (κ1) is 13.9. The van der Waals surface area contributed by atoms with E-state index in [4.69, 9.17) is 10.00 Å². The Hall–Kier alpha value is -1.57. The number of thioether (sulfide) groups is 1. The molecular weight excluding hydrogens is 274 g/mol. The molecule has 0 aliphatic rings. The molecule has 0 bridgehead atoms. The van der Waals surface area contributed by atoms with E-state index in [1.807, 2.05) is 47.9 Å². The number of hydrogen-bond donors (Lipinski definition) is 0. The first-order valence-corrected chi connectivity index (χ1v) is 7.65. The summed E-state index contributed by atoms with van der Waals surface area (Å²) in [5, 5.41) is 10.4. The lowest BCUT2D eigenvalue weighted by molar-refractivity contribution is 0.344. The van der Waals surface area contributed by atoms with Crippen LogP contribution in [0.2, 0.25) is 0 Å². The molecule has 4 heteroatoms. The maximum absolute atomic E-state index is 8.39. The Morgan fingerprint density at radius 1 is 0.947 bits per heavy atom. The van der Waals surface area contributed by atoms with Crippen LogP contribution >= 0.6 is 23.5 Å². The zero-order chi connectivity index (χ0) is 13.3. The molecule has 2 aromatic carbocycles. The number of nitrogens with zero attached hydrogens (tertiary/aromatic N) is 1. The molecule has 2 rings (SSSR count). The molecule has 0 N–H and O–H groups in total. The van der Waals surface area contributed by atoms with E-state index in [9.17, 15) is 0 Å². The van der Waals surface area contributed by atoms with Gasteiger partial charge in [0, 0.05) is 15.5 Å². The summed E-state index contributed by atoms with van der Waals surface area (Å²) in [6, 6.07) is 18.3. The Bertz CT molecular complexity index is 534. The second kappa shape index (κ2) is 7.78. The largest absolute Gasteiger partial charge is 0.493 e. The van der Waals surface area contributed by atoms with Crippen LogP contribution in [0.4, 0.5) is 0 Å². The number of benzene rings is 2. The molecule has 0 saturated carbocycles. The van der Waals surface area contributed by atoms with Crippen molar-refractivity contribution in [1.29, 1.82) is 5.26 Å². The van der Waals surface area contributed by atoms with E-state index in [1.165, 1.54) is 21.6 Å². The molecule has 19 heavy (non-hydrogen) atoms. The zero-order valence-corrected chi connectivity index (χ0v) is 11.9. The highest BCUT2D eigenvalue weighted by Gasteiger charge is 1.98. The van der Waals surface area contributed by atoms with Gasteiger partial charge in [-0.3, -0.25) is 0 Å². The van der Waals surface area contributed by atoms with E-state index >= 15 is 0 Å². The average Bonchev–Trinajstić information content (AvgIpc) is 2.46. The van der Waals surface area contributed by atoms with Gasteiger partial charge in [0.05, 0.1) is 6.61 Å². The van der Waals surface area contributed by atoms with Gasteiger partial charge in [0.2, 0.25) is 0 Å². The van der Waals surface area contributed by atoms with Crippen molar-refractivity contribution in [2.24, 2.45) is 0 Å². The summed E-state index contributed by atoms with van der Waals surface area (Å²) in [6.45, 7) is 0.559. The van der Waals surface area contributed by atoms with Crippen LogP contribution in [-0.4, -0.2) is 12.4 Å². The van der Waals surface area contributed by atoms with E-state index in [1.54, 1.807) is 11.8 Å². The molecule has 0 fully saturated rings. The molecule has 2 nitrogen and oxygen atoms in total. The van der Waals surface area contributed by atoms with Crippen LogP contribution in [0.5, 0.6) is 5.75 Å². The maximum Gasteiger partial charge on any atom is 0.133 e. The van der Waals surface area contributed by atoms with Crippen molar-refractivity contribution in [3.05, 3.63) is 54.6 Å². The molecule has 0 aliphatic heterocycles. The smallest absolute Gasteiger partial charge is 0.133 e. The Kier molecular flexibility index (Phi) is 5.67. The van der Waals surface area contributed by atoms with Gasteiger partial charge in [-0.15, -0.1) is 0 Å². The fraction of sp³-hybridized carbons (Fsp3) is 0.133. The summed E-state index contributed by atoms with van der Waals surface area (Å²) in [7, 11) is 0. The predicted molar refractivity (Wildman–Crippen MR) is 80.6 cm³/mol. The molecule has 0 amide bonds. The molecule has 2 aromatic rings. The standard InChI is InChI=1S/C15H13NOS2/c16-12-18-11-10-17-13-6-8-15(9-7-13)19-14-4-2-1-3-5-14/h1-9H,10-11H2. The van der Waals surface area contributed by atoms with Crippen molar-refractivity contribution in [3.63, 3.8) is 0 Å². The summed E-state index contributed by atoms with van der Waals surface area (Å²) in [5.41, 5.74) is 0. The summed E-state index contributed by atoms with van der Waals surface area (Å²) in [4.78, 5) is 2.41. The van der Waals surface area contributed by atoms with E-state index in [0.29, 0.717) is 12.4 Å². The molecule has 0 aliphatic carbocycles. The van der Waals surface area contributed by atoms with Crippen molar-refractivity contribution in [2.45, 2.75) is 9.79 Å². The molecule has 0 saturated heterocycles. The number of thiocyanates is 1. The maximum atomic E-state index is 8.39. The predicted octanol–water partition coefficient (Wildman–Crippen LogP) is 4.43. The van der Waals surface area contributed by atoms with Crippen molar-refractivity contribution >= 4 is 23.5 Å². The highest BCUT2D eigenvalue weighted by Crippen LogP contribution is 2.28. The first-order valence-electron chi connectivity index (χ1n) is 5.85. The second-order valence-corrected chi connectivity index (χ2v) is 5.70. The molecule has 0 atom stereocenters. The van der Waals surface area contributed by atoms with Crippen LogP contribution in [0.25, 0.3) is 0 Å². The topological polar surface area (TPSA) is 33.0 Å². The highest BCUT2D eigenvalue weighted by atomic mass is 32.2. The van der Waals surface area contributed by atoms with E-state index < -0.39 is 0 Å². The number of nitriles is 1. The van der Waals surface area contributed by atoms with Crippen LogP contribution < -0.4 is 4.74 Å². The number of rotatable bonds is 6. The third kappa shape index (κ3) is 4.90. The molecule has 96 valence electrons. The van der Waals surface area contributed by atoms with Crippen molar-refractivity contribution in [1.82, 2.24) is 0 Å². The highest BCUT2D eigenvalue weighted by molar-refractivity contribution is 8.03. The van der Waals surface area contributed by atoms with Gasteiger partial charge < -0.3 is 4.74 Å².